The van der Waals surface area contributed by atoms with E-state index in [1.165, 1.54) is 12.1 Å². The Kier molecular flexibility index (Phi) is 4.08. The fraction of sp³-hybridized carbons (Fsp3) is 0.364. The molecule has 3 rings (SSSR count). The van der Waals surface area contributed by atoms with Gasteiger partial charge in [-0.2, -0.15) is 8.75 Å². The Balaban J connectivity index is 1.75. The minimum absolute atomic E-state index is 0.0678. The highest BCUT2D eigenvalue weighted by atomic mass is 32.2. The van der Waals surface area contributed by atoms with Crippen molar-refractivity contribution in [3.63, 3.8) is 0 Å². The van der Waals surface area contributed by atoms with Gasteiger partial charge >= 0.3 is 0 Å². The Labute approximate surface area is 136 Å². The van der Waals surface area contributed by atoms with E-state index in [0.717, 1.165) is 11.7 Å². The smallest absolute Gasteiger partial charge is 0.259 e. The summed E-state index contributed by atoms with van der Waals surface area (Å²) in [5.41, 5.74) is 2.72. The van der Waals surface area contributed by atoms with Crippen LogP contribution in [0.15, 0.2) is 23.1 Å². The first-order valence-electron chi connectivity index (χ1n) is 6.52. The number of hydrogen-bond acceptors (Lipinski definition) is 8. The van der Waals surface area contributed by atoms with Crippen molar-refractivity contribution in [3.8, 4) is 0 Å². The summed E-state index contributed by atoms with van der Waals surface area (Å²) >= 11 is 0.881. The number of aromatic nitrogens is 2. The number of fused-ring (bicyclic) bond motifs is 1. The zero-order chi connectivity index (χ0) is 16.7. The summed E-state index contributed by atoms with van der Waals surface area (Å²) in [4.78, 5) is 13.8. The maximum atomic E-state index is 12.3. The van der Waals surface area contributed by atoms with Crippen LogP contribution in [0.25, 0.3) is 11.0 Å². The predicted molar refractivity (Wildman–Crippen MR) is 82.6 cm³/mol. The van der Waals surface area contributed by atoms with E-state index in [0.29, 0.717) is 5.52 Å². The highest BCUT2D eigenvalue weighted by Crippen LogP contribution is 2.21. The van der Waals surface area contributed by atoms with Gasteiger partial charge in [0.05, 0.1) is 29.2 Å². The lowest BCUT2D eigenvalue weighted by Gasteiger charge is -2.11. The molecule has 9 nitrogen and oxygen atoms in total. The van der Waals surface area contributed by atoms with Crippen LogP contribution in [0.5, 0.6) is 0 Å². The Morgan fingerprint density at radius 3 is 2.78 bits per heavy atom. The number of hydrazine groups is 1. The van der Waals surface area contributed by atoms with Gasteiger partial charge in [-0.15, -0.1) is 4.83 Å². The second-order valence-corrected chi connectivity index (χ2v) is 9.49. The van der Waals surface area contributed by atoms with Gasteiger partial charge in [-0.05, 0) is 18.6 Å². The molecule has 0 bridgehead atoms. The predicted octanol–water partition coefficient (Wildman–Crippen LogP) is -0.565. The summed E-state index contributed by atoms with van der Waals surface area (Å²) < 4.78 is 55.2. The second-order valence-electron chi connectivity index (χ2n) is 5.08. The SMILES string of the molecule is O=C(NNS(=O)(=O)c1cccc2nsnc12)C1CCS(=O)(=O)C1. The average Bonchev–Trinajstić information content (AvgIpc) is 3.10. The molecule has 0 aliphatic carbocycles. The van der Waals surface area contributed by atoms with Gasteiger partial charge in [0.2, 0.25) is 5.91 Å². The van der Waals surface area contributed by atoms with E-state index in [9.17, 15) is 21.6 Å². The van der Waals surface area contributed by atoms with Crippen molar-refractivity contribution in [2.45, 2.75) is 11.3 Å². The Morgan fingerprint density at radius 1 is 1.30 bits per heavy atom. The molecule has 124 valence electrons. The minimum Gasteiger partial charge on any atom is -0.277 e. The topological polar surface area (TPSA) is 135 Å². The highest BCUT2D eigenvalue weighted by molar-refractivity contribution is 7.91. The molecule has 0 spiro atoms. The largest absolute Gasteiger partial charge is 0.277 e. The van der Waals surface area contributed by atoms with Crippen LogP contribution < -0.4 is 10.3 Å². The zero-order valence-electron chi connectivity index (χ0n) is 11.6. The standard InChI is InChI=1S/C11H12N4O5S3/c16-11(7-4-5-22(17,18)6-7)12-15-23(19,20)9-3-1-2-8-10(9)14-21-13-8/h1-3,7,15H,4-6H2,(H,12,16). The molecule has 1 fully saturated rings. The van der Waals surface area contributed by atoms with Gasteiger partial charge in [0.1, 0.15) is 15.9 Å². The molecule has 0 radical (unpaired) electrons. The molecule has 1 aliphatic heterocycles. The molecular weight excluding hydrogens is 364 g/mol. The summed E-state index contributed by atoms with van der Waals surface area (Å²) in [7, 11) is -7.26. The first kappa shape index (κ1) is 16.2. The van der Waals surface area contributed by atoms with Crippen molar-refractivity contribution in [1.29, 1.82) is 0 Å². The van der Waals surface area contributed by atoms with Gasteiger partial charge in [0, 0.05) is 0 Å². The minimum atomic E-state index is -4.04. The van der Waals surface area contributed by atoms with E-state index in [4.69, 9.17) is 0 Å². The van der Waals surface area contributed by atoms with E-state index in [2.05, 4.69) is 14.2 Å². The van der Waals surface area contributed by atoms with E-state index in [-0.39, 0.29) is 28.3 Å². The van der Waals surface area contributed by atoms with Crippen LogP contribution in [0.4, 0.5) is 0 Å². The summed E-state index contributed by atoms with van der Waals surface area (Å²) in [6.07, 6.45) is 0.182. The monoisotopic (exact) mass is 376 g/mol. The van der Waals surface area contributed by atoms with Gasteiger partial charge in [0.15, 0.2) is 9.84 Å². The molecule has 1 amide bonds. The number of rotatable bonds is 4. The quantitative estimate of drug-likeness (QED) is 0.683. The average molecular weight is 376 g/mol. The normalized spacial score (nSPS) is 20.6. The molecule has 1 atom stereocenters. The van der Waals surface area contributed by atoms with Crippen LogP contribution in [0.3, 0.4) is 0 Å². The number of carbonyl (C=O) groups excluding carboxylic acids is 1. The molecule has 1 aromatic heterocycles. The van der Waals surface area contributed by atoms with E-state index in [1.54, 1.807) is 6.07 Å². The molecule has 1 unspecified atom stereocenters. The molecule has 1 saturated heterocycles. The van der Waals surface area contributed by atoms with E-state index in [1.807, 2.05) is 4.83 Å². The van der Waals surface area contributed by atoms with Gasteiger partial charge in [-0.25, -0.2) is 16.8 Å². The Morgan fingerprint density at radius 2 is 2.09 bits per heavy atom. The lowest BCUT2D eigenvalue weighted by Crippen LogP contribution is -2.44. The molecule has 2 N–H and O–H groups in total. The van der Waals surface area contributed by atoms with Crippen molar-refractivity contribution >= 4 is 48.5 Å². The van der Waals surface area contributed by atoms with Crippen molar-refractivity contribution < 1.29 is 21.6 Å². The molecule has 0 saturated carbocycles. The first-order valence-corrected chi connectivity index (χ1v) is 10.6. The molecule has 2 heterocycles. The maximum Gasteiger partial charge on any atom is 0.259 e. The number of nitrogens with zero attached hydrogens (tertiary/aromatic N) is 2. The fourth-order valence-electron chi connectivity index (χ4n) is 2.27. The van der Waals surface area contributed by atoms with Crippen LogP contribution in [-0.4, -0.2) is 43.0 Å². The lowest BCUT2D eigenvalue weighted by molar-refractivity contribution is -0.124. The van der Waals surface area contributed by atoms with Crippen molar-refractivity contribution in [2.75, 3.05) is 11.5 Å². The maximum absolute atomic E-state index is 12.3. The third kappa shape index (κ3) is 3.34. The lowest BCUT2D eigenvalue weighted by atomic mass is 10.1. The summed E-state index contributed by atoms with van der Waals surface area (Å²) in [6.45, 7) is 0. The summed E-state index contributed by atoms with van der Waals surface area (Å²) in [5, 5.41) is 0. The second kappa shape index (κ2) is 5.78. The number of carbonyl (C=O) groups is 1. The van der Waals surface area contributed by atoms with Gasteiger partial charge in [-0.1, -0.05) is 6.07 Å². The molecular formula is C11H12N4O5S3. The number of nitrogens with one attached hydrogen (secondary N) is 2. The molecule has 1 aromatic carbocycles. The zero-order valence-corrected chi connectivity index (χ0v) is 14.0. The Bertz CT molecular complexity index is 966. The van der Waals surface area contributed by atoms with Crippen LogP contribution in [0.2, 0.25) is 0 Å². The van der Waals surface area contributed by atoms with Gasteiger partial charge in [-0.3, -0.25) is 10.2 Å². The highest BCUT2D eigenvalue weighted by Gasteiger charge is 2.33. The van der Waals surface area contributed by atoms with Crippen LogP contribution in [-0.2, 0) is 24.7 Å². The number of sulfonamides is 1. The van der Waals surface area contributed by atoms with Crippen molar-refractivity contribution in [2.24, 2.45) is 5.92 Å². The molecule has 12 heteroatoms. The molecule has 23 heavy (non-hydrogen) atoms. The summed E-state index contributed by atoms with van der Waals surface area (Å²) in [6, 6.07) is 4.49. The van der Waals surface area contributed by atoms with E-state index >= 15 is 0 Å². The van der Waals surface area contributed by atoms with Gasteiger partial charge in [0.25, 0.3) is 10.0 Å². The van der Waals surface area contributed by atoms with Crippen LogP contribution in [0, 0.1) is 5.92 Å². The number of amides is 1. The number of benzene rings is 1. The third-order valence-electron chi connectivity index (χ3n) is 3.45. The van der Waals surface area contributed by atoms with E-state index < -0.39 is 31.7 Å². The molecule has 1 aliphatic rings. The summed E-state index contributed by atoms with van der Waals surface area (Å²) in [5.74, 6) is -1.76. The Hall–Kier alpha value is -1.63. The van der Waals surface area contributed by atoms with Crippen molar-refractivity contribution in [3.05, 3.63) is 18.2 Å². The number of hydrogen-bond donors (Lipinski definition) is 2. The molecule has 2 aromatic rings. The van der Waals surface area contributed by atoms with Crippen LogP contribution >= 0.6 is 11.7 Å². The van der Waals surface area contributed by atoms with Crippen molar-refractivity contribution in [1.82, 2.24) is 19.0 Å². The third-order valence-corrected chi connectivity index (χ3v) is 7.04. The number of sulfone groups is 1. The van der Waals surface area contributed by atoms with Crippen LogP contribution in [0.1, 0.15) is 6.42 Å². The fourth-order valence-corrected chi connectivity index (χ4v) is 5.63. The van der Waals surface area contributed by atoms with Gasteiger partial charge < -0.3 is 0 Å². The first-order chi connectivity index (χ1) is 10.8.